The molecule has 4 aromatic rings. The van der Waals surface area contributed by atoms with Gasteiger partial charge in [0.15, 0.2) is 0 Å². The van der Waals surface area contributed by atoms with Crippen molar-refractivity contribution in [2.75, 3.05) is 7.11 Å². The summed E-state index contributed by atoms with van der Waals surface area (Å²) in [6.45, 7) is 0.153. The maximum atomic E-state index is 13.1. The summed E-state index contributed by atoms with van der Waals surface area (Å²) in [5, 5.41) is 6.46. The van der Waals surface area contributed by atoms with E-state index in [1.807, 2.05) is 66.0 Å². The van der Waals surface area contributed by atoms with Crippen molar-refractivity contribution >= 4 is 21.4 Å². The highest BCUT2D eigenvalue weighted by Crippen LogP contribution is 2.30. The summed E-state index contributed by atoms with van der Waals surface area (Å²) in [5.74, 6) is 0.679. The first-order chi connectivity index (χ1) is 14.1. The number of thiophene rings is 1. The van der Waals surface area contributed by atoms with E-state index >= 15 is 0 Å². The van der Waals surface area contributed by atoms with Crippen LogP contribution in [0, 0.1) is 0 Å². The van der Waals surface area contributed by atoms with E-state index in [0.29, 0.717) is 11.4 Å². The Kier molecular flexibility index (Phi) is 5.48. The van der Waals surface area contributed by atoms with Crippen LogP contribution < -0.4 is 9.46 Å². The Morgan fingerprint density at radius 1 is 1.07 bits per heavy atom. The van der Waals surface area contributed by atoms with Crippen molar-refractivity contribution in [3.8, 4) is 22.0 Å². The smallest absolute Gasteiger partial charge is 0.244 e. The van der Waals surface area contributed by atoms with Crippen LogP contribution in [0.25, 0.3) is 16.3 Å². The van der Waals surface area contributed by atoms with Gasteiger partial charge in [-0.05, 0) is 41.3 Å². The molecule has 2 aromatic carbocycles. The highest BCUT2D eigenvalue weighted by atomic mass is 32.2. The second-order valence-electron chi connectivity index (χ2n) is 6.28. The van der Waals surface area contributed by atoms with Gasteiger partial charge in [0.2, 0.25) is 10.0 Å². The van der Waals surface area contributed by atoms with Crippen molar-refractivity contribution in [3.05, 3.63) is 83.9 Å². The number of nitrogens with zero attached hydrogens (tertiary/aromatic N) is 2. The molecule has 8 heteroatoms. The van der Waals surface area contributed by atoms with Gasteiger partial charge in [0, 0.05) is 6.54 Å². The molecule has 29 heavy (non-hydrogen) atoms. The summed E-state index contributed by atoms with van der Waals surface area (Å²) < 4.78 is 35.7. The summed E-state index contributed by atoms with van der Waals surface area (Å²) in [6.07, 6.45) is 1.55. The average molecular weight is 426 g/mol. The second-order valence-corrected chi connectivity index (χ2v) is 8.96. The molecule has 6 nitrogen and oxygen atoms in total. The van der Waals surface area contributed by atoms with Crippen molar-refractivity contribution in [1.29, 1.82) is 0 Å². The molecule has 0 aliphatic carbocycles. The van der Waals surface area contributed by atoms with Crippen LogP contribution in [-0.2, 0) is 16.6 Å². The fourth-order valence-corrected chi connectivity index (χ4v) is 4.83. The molecule has 0 atom stereocenters. The first-order valence-electron chi connectivity index (χ1n) is 8.88. The maximum Gasteiger partial charge on any atom is 0.244 e. The summed E-state index contributed by atoms with van der Waals surface area (Å²) in [4.78, 5) is 0.938. The van der Waals surface area contributed by atoms with E-state index in [-0.39, 0.29) is 11.4 Å². The number of hydrogen-bond donors (Lipinski definition) is 1. The van der Waals surface area contributed by atoms with Gasteiger partial charge >= 0.3 is 0 Å². The molecule has 4 rings (SSSR count). The predicted octanol–water partition coefficient (Wildman–Crippen LogP) is 4.09. The number of aromatic nitrogens is 2. The summed E-state index contributed by atoms with van der Waals surface area (Å²) in [7, 11) is -2.21. The number of ether oxygens (including phenoxy) is 1. The van der Waals surface area contributed by atoms with E-state index in [1.54, 1.807) is 24.1 Å². The van der Waals surface area contributed by atoms with Crippen molar-refractivity contribution in [3.63, 3.8) is 0 Å². The Balaban J connectivity index is 1.69. The van der Waals surface area contributed by atoms with Gasteiger partial charge in [0.05, 0.1) is 23.9 Å². The van der Waals surface area contributed by atoms with Crippen LogP contribution in [0.5, 0.6) is 5.75 Å². The molecular weight excluding hydrogens is 406 g/mol. The van der Waals surface area contributed by atoms with Gasteiger partial charge in [0.1, 0.15) is 16.3 Å². The highest BCUT2D eigenvalue weighted by molar-refractivity contribution is 7.89. The lowest BCUT2D eigenvalue weighted by Gasteiger charge is -2.07. The Labute approximate surface area is 173 Å². The quantitative estimate of drug-likeness (QED) is 0.484. The van der Waals surface area contributed by atoms with Crippen LogP contribution in [0.4, 0.5) is 0 Å². The van der Waals surface area contributed by atoms with Crippen molar-refractivity contribution in [2.24, 2.45) is 0 Å². The van der Waals surface area contributed by atoms with Crippen LogP contribution in [0.15, 0.2) is 83.2 Å². The molecule has 0 unspecified atom stereocenters. The standard InChI is InChI=1S/C21H19N3O3S2/c1-27-18-10-5-7-16(13-18)14-22-29(25,26)20-15-24(17-8-3-2-4-9-17)23-21(20)19-11-6-12-28-19/h2-13,15,22H,14H2,1H3. The molecule has 0 radical (unpaired) electrons. The number of nitrogens with one attached hydrogen (secondary N) is 1. The maximum absolute atomic E-state index is 13.1. The molecule has 0 aliphatic rings. The molecule has 0 saturated heterocycles. The Morgan fingerprint density at radius 3 is 2.62 bits per heavy atom. The van der Waals surface area contributed by atoms with Gasteiger partial charge < -0.3 is 4.74 Å². The zero-order valence-electron chi connectivity index (χ0n) is 15.6. The van der Waals surface area contributed by atoms with E-state index in [4.69, 9.17) is 4.74 Å². The molecule has 0 bridgehead atoms. The lowest BCUT2D eigenvalue weighted by molar-refractivity contribution is 0.414. The second kappa shape index (κ2) is 8.20. The first-order valence-corrected chi connectivity index (χ1v) is 11.2. The van der Waals surface area contributed by atoms with Crippen molar-refractivity contribution in [1.82, 2.24) is 14.5 Å². The minimum Gasteiger partial charge on any atom is -0.497 e. The van der Waals surface area contributed by atoms with Gasteiger partial charge in [-0.1, -0.05) is 36.4 Å². The van der Waals surface area contributed by atoms with Gasteiger partial charge in [0.25, 0.3) is 0 Å². The highest BCUT2D eigenvalue weighted by Gasteiger charge is 2.24. The largest absolute Gasteiger partial charge is 0.497 e. The number of hydrogen-bond acceptors (Lipinski definition) is 5. The zero-order chi connectivity index (χ0) is 20.3. The van der Waals surface area contributed by atoms with Crippen LogP contribution in [0.1, 0.15) is 5.56 Å². The van der Waals surface area contributed by atoms with Crippen molar-refractivity contribution in [2.45, 2.75) is 11.4 Å². The lowest BCUT2D eigenvalue weighted by atomic mass is 10.2. The third kappa shape index (κ3) is 4.24. The van der Waals surface area contributed by atoms with Gasteiger partial charge in [-0.15, -0.1) is 11.3 Å². The van der Waals surface area contributed by atoms with Gasteiger partial charge in [-0.2, -0.15) is 5.10 Å². The van der Waals surface area contributed by atoms with Crippen molar-refractivity contribution < 1.29 is 13.2 Å². The Morgan fingerprint density at radius 2 is 1.90 bits per heavy atom. The molecule has 0 saturated carbocycles. The van der Waals surface area contributed by atoms with E-state index in [9.17, 15) is 8.42 Å². The Hall–Kier alpha value is -2.94. The molecule has 2 heterocycles. The van der Waals surface area contributed by atoms with Crippen LogP contribution >= 0.6 is 11.3 Å². The Bertz CT molecular complexity index is 1200. The molecule has 148 valence electrons. The third-order valence-electron chi connectivity index (χ3n) is 4.35. The first kappa shape index (κ1) is 19.4. The topological polar surface area (TPSA) is 73.2 Å². The van der Waals surface area contributed by atoms with Gasteiger partial charge in [-0.25, -0.2) is 17.8 Å². The van der Waals surface area contributed by atoms with Crippen LogP contribution in [0.2, 0.25) is 0 Å². The molecule has 1 N–H and O–H groups in total. The lowest BCUT2D eigenvalue weighted by Crippen LogP contribution is -2.23. The van der Waals surface area contributed by atoms with E-state index in [0.717, 1.165) is 16.1 Å². The zero-order valence-corrected chi connectivity index (χ0v) is 17.3. The number of benzene rings is 2. The minimum atomic E-state index is -3.79. The number of para-hydroxylation sites is 1. The van der Waals surface area contributed by atoms with Crippen LogP contribution in [0.3, 0.4) is 0 Å². The fourth-order valence-electron chi connectivity index (χ4n) is 2.89. The van der Waals surface area contributed by atoms with E-state index in [2.05, 4.69) is 9.82 Å². The molecule has 0 spiro atoms. The molecule has 0 aliphatic heterocycles. The number of rotatable bonds is 7. The molecule has 0 amide bonds. The molecular formula is C21H19N3O3S2. The number of methoxy groups -OCH3 is 1. The van der Waals surface area contributed by atoms with E-state index in [1.165, 1.54) is 11.3 Å². The predicted molar refractivity (Wildman–Crippen MR) is 114 cm³/mol. The molecule has 0 fully saturated rings. The van der Waals surface area contributed by atoms with Gasteiger partial charge in [-0.3, -0.25) is 0 Å². The minimum absolute atomic E-state index is 0.145. The third-order valence-corrected chi connectivity index (χ3v) is 6.62. The summed E-state index contributed by atoms with van der Waals surface area (Å²) in [5.41, 5.74) is 2.03. The normalized spacial score (nSPS) is 11.5. The SMILES string of the molecule is COc1cccc(CNS(=O)(=O)c2cn(-c3ccccc3)nc2-c2cccs2)c1. The summed E-state index contributed by atoms with van der Waals surface area (Å²) in [6, 6.07) is 20.5. The molecule has 2 aromatic heterocycles. The van der Waals surface area contributed by atoms with E-state index < -0.39 is 10.0 Å². The van der Waals surface area contributed by atoms with Crippen LogP contribution in [-0.4, -0.2) is 25.3 Å². The monoisotopic (exact) mass is 425 g/mol. The number of sulfonamides is 1. The summed E-state index contributed by atoms with van der Waals surface area (Å²) >= 11 is 1.45. The fraction of sp³-hybridized carbons (Fsp3) is 0.0952. The average Bonchev–Trinajstić information content (AvgIpc) is 3.43.